The fraction of sp³-hybridized carbons (Fsp3) is 0.280. The number of furan rings is 1. The molecule has 3 N–H and O–H groups in total. The van der Waals surface area contributed by atoms with Crippen LogP contribution in [-0.2, 0) is 29.1 Å². The molecule has 0 saturated heterocycles. The van der Waals surface area contributed by atoms with Gasteiger partial charge in [0.15, 0.2) is 11.8 Å². The maximum Gasteiger partial charge on any atom is 0.309 e. The second-order valence-electron chi connectivity index (χ2n) is 8.05. The van der Waals surface area contributed by atoms with Gasteiger partial charge >= 0.3 is 11.8 Å². The first kappa shape index (κ1) is 20.9. The van der Waals surface area contributed by atoms with E-state index in [0.717, 1.165) is 36.4 Å². The summed E-state index contributed by atoms with van der Waals surface area (Å²) >= 11 is 0. The van der Waals surface area contributed by atoms with Crippen LogP contribution in [-0.4, -0.2) is 24.9 Å². The molecule has 2 heterocycles. The van der Waals surface area contributed by atoms with Crippen molar-refractivity contribution in [2.45, 2.75) is 32.5 Å². The summed E-state index contributed by atoms with van der Waals surface area (Å²) in [6.07, 6.45) is 2.63. The summed E-state index contributed by atoms with van der Waals surface area (Å²) in [7, 11) is 0. The Kier molecular flexibility index (Phi) is 6.48. The second kappa shape index (κ2) is 9.62. The molecule has 160 valence electrons. The Morgan fingerprint density at radius 3 is 2.45 bits per heavy atom. The zero-order valence-electron chi connectivity index (χ0n) is 17.7. The smallest absolute Gasteiger partial charge is 0.309 e. The summed E-state index contributed by atoms with van der Waals surface area (Å²) in [6, 6.07) is 20.0. The number of fused-ring (bicyclic) bond motifs is 1. The van der Waals surface area contributed by atoms with E-state index in [0.29, 0.717) is 13.1 Å². The third-order valence-electron chi connectivity index (χ3n) is 5.88. The van der Waals surface area contributed by atoms with Crippen molar-refractivity contribution in [2.24, 2.45) is 0 Å². The van der Waals surface area contributed by atoms with Gasteiger partial charge in [-0.15, -0.1) is 0 Å². The first-order valence-electron chi connectivity index (χ1n) is 10.7. The highest BCUT2D eigenvalue weighted by atomic mass is 16.3. The van der Waals surface area contributed by atoms with E-state index in [2.05, 4.69) is 34.9 Å². The van der Waals surface area contributed by atoms with E-state index in [4.69, 9.17) is 4.42 Å². The molecule has 2 atom stereocenters. The van der Waals surface area contributed by atoms with Crippen molar-refractivity contribution in [1.82, 2.24) is 10.6 Å². The van der Waals surface area contributed by atoms with E-state index >= 15 is 0 Å². The van der Waals surface area contributed by atoms with Crippen molar-refractivity contribution >= 4 is 11.8 Å². The summed E-state index contributed by atoms with van der Waals surface area (Å²) in [6.45, 7) is 4.47. The van der Waals surface area contributed by atoms with Crippen LogP contribution < -0.4 is 15.5 Å². The SMILES string of the molecule is Cc1ccc(CNC(=O)C(=O)NC[C@H](c2ccco2)[NH+]2CCc3ccccc3C2)cc1. The van der Waals surface area contributed by atoms with Crippen LogP contribution in [0.3, 0.4) is 0 Å². The van der Waals surface area contributed by atoms with Gasteiger partial charge in [0.25, 0.3) is 0 Å². The van der Waals surface area contributed by atoms with Crippen LogP contribution in [0.5, 0.6) is 0 Å². The zero-order chi connectivity index (χ0) is 21.6. The van der Waals surface area contributed by atoms with E-state index in [1.54, 1.807) is 6.26 Å². The number of quaternary nitrogens is 1. The fourth-order valence-corrected chi connectivity index (χ4v) is 4.08. The third kappa shape index (κ3) is 5.22. The standard InChI is InChI=1S/C25H27N3O3/c1-18-8-10-19(11-9-18)15-26-24(29)25(30)27-16-22(23-7-4-14-31-23)28-13-12-20-5-2-3-6-21(20)17-28/h2-11,14,22H,12-13,15-17H2,1H3,(H,26,29)(H,27,30)/p+1/t22-/m1/s1. The second-order valence-corrected chi connectivity index (χ2v) is 8.05. The monoisotopic (exact) mass is 418 g/mol. The third-order valence-corrected chi connectivity index (χ3v) is 5.88. The normalized spacial score (nSPS) is 16.2. The van der Waals surface area contributed by atoms with Crippen LogP contribution in [0.4, 0.5) is 0 Å². The van der Waals surface area contributed by atoms with E-state index in [-0.39, 0.29) is 6.04 Å². The molecule has 1 unspecified atom stereocenters. The maximum absolute atomic E-state index is 12.4. The van der Waals surface area contributed by atoms with E-state index in [1.807, 2.05) is 43.3 Å². The van der Waals surface area contributed by atoms with Crippen molar-refractivity contribution in [1.29, 1.82) is 0 Å². The molecule has 0 bridgehead atoms. The largest absolute Gasteiger partial charge is 0.463 e. The molecule has 31 heavy (non-hydrogen) atoms. The minimum Gasteiger partial charge on any atom is -0.463 e. The van der Waals surface area contributed by atoms with Gasteiger partial charge < -0.3 is 20.0 Å². The van der Waals surface area contributed by atoms with E-state index < -0.39 is 11.8 Å². The summed E-state index contributed by atoms with van der Waals surface area (Å²) in [5.41, 5.74) is 4.81. The van der Waals surface area contributed by atoms with Gasteiger partial charge in [0.1, 0.15) is 6.54 Å². The molecule has 6 nitrogen and oxygen atoms in total. The highest BCUT2D eigenvalue weighted by molar-refractivity contribution is 6.35. The molecule has 4 rings (SSSR count). The van der Waals surface area contributed by atoms with Gasteiger partial charge in [-0.05, 0) is 30.2 Å². The minimum atomic E-state index is -0.627. The molecule has 0 aliphatic carbocycles. The quantitative estimate of drug-likeness (QED) is 0.534. The Morgan fingerprint density at radius 1 is 0.968 bits per heavy atom. The van der Waals surface area contributed by atoms with Crippen LogP contribution in [0, 0.1) is 6.92 Å². The van der Waals surface area contributed by atoms with Crippen LogP contribution in [0.15, 0.2) is 71.3 Å². The number of aryl methyl sites for hydroxylation is 1. The molecule has 3 aromatic rings. The first-order chi connectivity index (χ1) is 15.1. The van der Waals surface area contributed by atoms with Gasteiger partial charge in [-0.1, -0.05) is 54.1 Å². The van der Waals surface area contributed by atoms with Crippen molar-refractivity contribution in [3.05, 3.63) is 94.9 Å². The first-order valence-corrected chi connectivity index (χ1v) is 10.7. The Hall–Kier alpha value is -3.38. The summed E-state index contributed by atoms with van der Waals surface area (Å²) in [4.78, 5) is 26.0. The number of carbonyl (C=O) groups is 2. The van der Waals surface area contributed by atoms with Gasteiger partial charge in [0, 0.05) is 18.5 Å². The van der Waals surface area contributed by atoms with Crippen LogP contribution in [0.25, 0.3) is 0 Å². The van der Waals surface area contributed by atoms with Crippen molar-refractivity contribution in [3.63, 3.8) is 0 Å². The van der Waals surface area contributed by atoms with Crippen LogP contribution in [0.1, 0.15) is 34.1 Å². The van der Waals surface area contributed by atoms with Crippen molar-refractivity contribution < 1.29 is 18.9 Å². The highest BCUT2D eigenvalue weighted by Crippen LogP contribution is 2.15. The summed E-state index contributed by atoms with van der Waals surface area (Å²) in [5, 5.41) is 5.49. The highest BCUT2D eigenvalue weighted by Gasteiger charge is 2.31. The molecule has 0 saturated carbocycles. The van der Waals surface area contributed by atoms with Gasteiger partial charge in [0.05, 0.1) is 19.4 Å². The number of hydrogen-bond donors (Lipinski definition) is 3. The average Bonchev–Trinajstić information content (AvgIpc) is 3.33. The predicted molar refractivity (Wildman–Crippen MR) is 117 cm³/mol. The average molecular weight is 419 g/mol. The van der Waals surface area contributed by atoms with Crippen LogP contribution >= 0.6 is 0 Å². The Balaban J connectivity index is 1.36. The van der Waals surface area contributed by atoms with E-state index in [9.17, 15) is 9.59 Å². The molecular weight excluding hydrogens is 390 g/mol. The Bertz CT molecular complexity index is 1030. The summed E-state index contributed by atoms with van der Waals surface area (Å²) in [5.74, 6) is -0.437. The van der Waals surface area contributed by atoms with Gasteiger partial charge in [-0.2, -0.15) is 0 Å². The Labute approximate surface area is 182 Å². The van der Waals surface area contributed by atoms with Crippen molar-refractivity contribution in [2.75, 3.05) is 13.1 Å². The van der Waals surface area contributed by atoms with Gasteiger partial charge in [0.2, 0.25) is 0 Å². The number of hydrogen-bond acceptors (Lipinski definition) is 3. The number of benzene rings is 2. The lowest BCUT2D eigenvalue weighted by molar-refractivity contribution is -0.946. The number of carbonyl (C=O) groups excluding carboxylic acids is 2. The minimum absolute atomic E-state index is 0.0581. The maximum atomic E-state index is 12.4. The summed E-state index contributed by atoms with van der Waals surface area (Å²) < 4.78 is 5.67. The topological polar surface area (TPSA) is 75.8 Å². The molecule has 6 heteroatoms. The number of amides is 2. The molecule has 1 aliphatic rings. The van der Waals surface area contributed by atoms with E-state index in [1.165, 1.54) is 16.0 Å². The molecule has 0 fully saturated rings. The van der Waals surface area contributed by atoms with Crippen LogP contribution in [0.2, 0.25) is 0 Å². The predicted octanol–water partition coefficient (Wildman–Crippen LogP) is 1.70. The molecule has 0 spiro atoms. The lowest BCUT2D eigenvalue weighted by atomic mass is 9.98. The fourth-order valence-electron chi connectivity index (χ4n) is 4.08. The van der Waals surface area contributed by atoms with Gasteiger partial charge in [-0.3, -0.25) is 9.59 Å². The number of rotatable bonds is 6. The molecule has 1 aliphatic heterocycles. The Morgan fingerprint density at radius 2 is 1.71 bits per heavy atom. The molecule has 0 radical (unpaired) electrons. The molecule has 1 aromatic heterocycles. The molecule has 2 amide bonds. The van der Waals surface area contributed by atoms with Gasteiger partial charge in [-0.25, -0.2) is 0 Å². The van der Waals surface area contributed by atoms with Crippen molar-refractivity contribution in [3.8, 4) is 0 Å². The lowest BCUT2D eigenvalue weighted by Gasteiger charge is -2.31. The molecule has 2 aromatic carbocycles. The lowest BCUT2D eigenvalue weighted by Crippen LogP contribution is -3.12. The zero-order valence-corrected chi connectivity index (χ0v) is 17.7. The number of nitrogens with one attached hydrogen (secondary N) is 3. The molecular formula is C25H28N3O3+.